The smallest absolute Gasteiger partial charge is 0.343 e. The van der Waals surface area contributed by atoms with E-state index in [9.17, 15) is 9.59 Å². The molecule has 172 valence electrons. The van der Waals surface area contributed by atoms with E-state index in [0.717, 1.165) is 51.6 Å². The number of hydrogen-bond donors (Lipinski definition) is 0. The Morgan fingerprint density at radius 3 is 2.52 bits per heavy atom. The number of urea groups is 1. The molecule has 3 rings (SSSR count). The van der Waals surface area contributed by atoms with Crippen LogP contribution >= 0.6 is 0 Å². The van der Waals surface area contributed by atoms with Crippen LogP contribution in [-0.4, -0.2) is 54.1 Å². The molecule has 1 atom stereocenters. The van der Waals surface area contributed by atoms with E-state index < -0.39 is 0 Å². The van der Waals surface area contributed by atoms with Crippen LogP contribution in [0.25, 0.3) is 0 Å². The zero-order valence-corrected chi connectivity index (χ0v) is 20.0. The number of aliphatic imine (C=N–C) groups is 1. The van der Waals surface area contributed by atoms with Crippen molar-refractivity contribution in [2.45, 2.75) is 84.6 Å². The third kappa shape index (κ3) is 5.87. The number of rotatable bonds is 5. The third-order valence-electron chi connectivity index (χ3n) is 7.79. The SMILES string of the molecule is CCCC(=O)N1CCC(N(C)C(=O)/N=C\C2CCC(C)(C3=CC=CCC3C)CC2)CC1. The maximum absolute atomic E-state index is 12.7. The van der Waals surface area contributed by atoms with Gasteiger partial charge in [-0.15, -0.1) is 0 Å². The summed E-state index contributed by atoms with van der Waals surface area (Å²) in [5.41, 5.74) is 1.89. The van der Waals surface area contributed by atoms with E-state index in [1.165, 1.54) is 12.8 Å². The van der Waals surface area contributed by atoms with Gasteiger partial charge in [-0.3, -0.25) is 4.79 Å². The molecule has 1 saturated heterocycles. The van der Waals surface area contributed by atoms with Crippen LogP contribution in [0, 0.1) is 17.3 Å². The predicted molar refractivity (Wildman–Crippen MR) is 127 cm³/mol. The highest BCUT2D eigenvalue weighted by molar-refractivity contribution is 5.84. The average molecular weight is 428 g/mol. The Balaban J connectivity index is 1.46. The maximum atomic E-state index is 12.7. The molecule has 3 amide bonds. The normalized spacial score (nSPS) is 29.8. The van der Waals surface area contributed by atoms with Crippen LogP contribution in [0.15, 0.2) is 28.8 Å². The van der Waals surface area contributed by atoms with E-state index in [1.54, 1.807) is 10.5 Å². The molecule has 5 heteroatoms. The Bertz CT molecular complexity index is 723. The molecule has 0 radical (unpaired) electrons. The minimum atomic E-state index is -0.139. The molecular weight excluding hydrogens is 386 g/mol. The van der Waals surface area contributed by atoms with Crippen LogP contribution < -0.4 is 0 Å². The van der Waals surface area contributed by atoms with Crippen LogP contribution in [0.2, 0.25) is 0 Å². The van der Waals surface area contributed by atoms with E-state index in [1.807, 2.05) is 25.1 Å². The van der Waals surface area contributed by atoms with Gasteiger partial charge in [0, 0.05) is 38.8 Å². The summed E-state index contributed by atoms with van der Waals surface area (Å²) in [6.45, 7) is 8.28. The zero-order valence-electron chi connectivity index (χ0n) is 20.0. The van der Waals surface area contributed by atoms with Gasteiger partial charge in [-0.05, 0) is 68.6 Å². The van der Waals surface area contributed by atoms with E-state index in [0.29, 0.717) is 23.7 Å². The molecule has 0 aromatic rings. The molecule has 2 aliphatic carbocycles. The summed E-state index contributed by atoms with van der Waals surface area (Å²) >= 11 is 0. The number of amides is 3. The highest BCUT2D eigenvalue weighted by Crippen LogP contribution is 2.47. The molecule has 0 spiro atoms. The summed E-state index contributed by atoms with van der Waals surface area (Å²) < 4.78 is 0. The standard InChI is InChI=1S/C26H41N3O2/c1-5-8-24(30)29-17-13-22(14-18-29)28(4)25(31)27-19-21-11-15-26(3,16-12-21)23-10-7-6-9-20(23)2/h6-7,10,19-22H,5,8-9,11-18H2,1-4H3/b27-19-. The average Bonchev–Trinajstić information content (AvgIpc) is 2.78. The molecule has 1 unspecified atom stereocenters. The van der Waals surface area contributed by atoms with E-state index in [2.05, 4.69) is 37.1 Å². The van der Waals surface area contributed by atoms with Crippen LogP contribution in [-0.2, 0) is 4.79 Å². The van der Waals surface area contributed by atoms with Crippen LogP contribution in [0.4, 0.5) is 4.79 Å². The lowest BCUT2D eigenvalue weighted by molar-refractivity contribution is -0.132. The van der Waals surface area contributed by atoms with Crippen LogP contribution in [0.3, 0.4) is 0 Å². The Labute approximate surface area is 188 Å². The van der Waals surface area contributed by atoms with Gasteiger partial charge in [-0.1, -0.05) is 44.6 Å². The number of carbonyl (C=O) groups excluding carboxylic acids is 2. The molecule has 31 heavy (non-hydrogen) atoms. The monoisotopic (exact) mass is 427 g/mol. The lowest BCUT2D eigenvalue weighted by Crippen LogP contribution is -2.46. The first kappa shape index (κ1) is 23.7. The fraction of sp³-hybridized carbons (Fsp3) is 0.731. The van der Waals surface area contributed by atoms with E-state index in [4.69, 9.17) is 0 Å². The summed E-state index contributed by atoms with van der Waals surface area (Å²) in [5.74, 6) is 1.28. The quantitative estimate of drug-likeness (QED) is 0.535. The number of nitrogens with zero attached hydrogens (tertiary/aromatic N) is 3. The van der Waals surface area contributed by atoms with Crippen molar-refractivity contribution >= 4 is 18.2 Å². The van der Waals surface area contributed by atoms with Crippen molar-refractivity contribution in [3.05, 3.63) is 23.8 Å². The second-order valence-electron chi connectivity index (χ2n) is 10.1. The van der Waals surface area contributed by atoms with Gasteiger partial charge in [-0.2, -0.15) is 0 Å². The summed E-state index contributed by atoms with van der Waals surface area (Å²) in [5, 5.41) is 0. The second kappa shape index (κ2) is 10.6. The van der Waals surface area contributed by atoms with Crippen LogP contribution in [0.1, 0.15) is 78.6 Å². The van der Waals surface area contributed by atoms with Crippen molar-refractivity contribution in [1.82, 2.24) is 9.80 Å². The summed E-state index contributed by atoms with van der Waals surface area (Å²) in [4.78, 5) is 32.8. The lowest BCUT2D eigenvalue weighted by atomic mass is 9.64. The summed E-state index contributed by atoms with van der Waals surface area (Å²) in [6, 6.07) is 0.0400. The first-order valence-electron chi connectivity index (χ1n) is 12.3. The number of likely N-dealkylation sites (tertiary alicyclic amines) is 1. The van der Waals surface area contributed by atoms with Crippen molar-refractivity contribution in [2.75, 3.05) is 20.1 Å². The highest BCUT2D eigenvalue weighted by Gasteiger charge is 2.36. The largest absolute Gasteiger partial charge is 0.343 e. The molecule has 0 N–H and O–H groups in total. The molecular formula is C26H41N3O2. The molecule has 0 aromatic carbocycles. The molecule has 1 saturated carbocycles. The van der Waals surface area contributed by atoms with Crippen molar-refractivity contribution in [3.8, 4) is 0 Å². The molecule has 1 aliphatic heterocycles. The van der Waals surface area contributed by atoms with Gasteiger partial charge in [0.2, 0.25) is 5.91 Å². The predicted octanol–water partition coefficient (Wildman–Crippen LogP) is 5.62. The maximum Gasteiger partial charge on any atom is 0.343 e. The number of hydrogen-bond acceptors (Lipinski definition) is 2. The zero-order chi connectivity index (χ0) is 22.4. The minimum absolute atomic E-state index is 0.139. The first-order valence-corrected chi connectivity index (χ1v) is 12.3. The number of allylic oxidation sites excluding steroid dienone is 4. The van der Waals surface area contributed by atoms with Crippen molar-refractivity contribution in [3.63, 3.8) is 0 Å². The fourth-order valence-corrected chi connectivity index (χ4v) is 5.55. The first-order chi connectivity index (χ1) is 14.8. The van der Waals surface area contributed by atoms with Gasteiger partial charge in [0.25, 0.3) is 0 Å². The van der Waals surface area contributed by atoms with Gasteiger partial charge in [0.05, 0.1) is 0 Å². The fourth-order valence-electron chi connectivity index (χ4n) is 5.55. The van der Waals surface area contributed by atoms with Crippen LogP contribution in [0.5, 0.6) is 0 Å². The molecule has 0 aromatic heterocycles. The molecule has 1 heterocycles. The van der Waals surface area contributed by atoms with Crippen molar-refractivity contribution < 1.29 is 9.59 Å². The molecule has 5 nitrogen and oxygen atoms in total. The van der Waals surface area contributed by atoms with Crippen molar-refractivity contribution in [2.24, 2.45) is 22.2 Å². The van der Waals surface area contributed by atoms with Gasteiger partial charge in [0.15, 0.2) is 0 Å². The van der Waals surface area contributed by atoms with Gasteiger partial charge >= 0.3 is 6.03 Å². The minimum Gasteiger partial charge on any atom is -0.343 e. The summed E-state index contributed by atoms with van der Waals surface area (Å²) in [6.07, 6.45) is 17.6. The third-order valence-corrected chi connectivity index (χ3v) is 7.79. The number of piperidine rings is 1. The lowest BCUT2D eigenvalue weighted by Gasteiger charge is -2.41. The second-order valence-corrected chi connectivity index (χ2v) is 10.1. The van der Waals surface area contributed by atoms with Crippen molar-refractivity contribution in [1.29, 1.82) is 0 Å². The van der Waals surface area contributed by atoms with Gasteiger partial charge in [0.1, 0.15) is 0 Å². The number of carbonyl (C=O) groups is 2. The molecule has 2 fully saturated rings. The van der Waals surface area contributed by atoms with E-state index in [-0.39, 0.29) is 18.0 Å². The highest BCUT2D eigenvalue weighted by atomic mass is 16.2. The Hall–Kier alpha value is -1.91. The topological polar surface area (TPSA) is 53.0 Å². The van der Waals surface area contributed by atoms with Gasteiger partial charge in [-0.25, -0.2) is 9.79 Å². The Morgan fingerprint density at radius 1 is 1.23 bits per heavy atom. The molecule has 3 aliphatic rings. The summed E-state index contributed by atoms with van der Waals surface area (Å²) in [7, 11) is 1.86. The van der Waals surface area contributed by atoms with Gasteiger partial charge < -0.3 is 9.80 Å². The molecule has 0 bridgehead atoms. The van der Waals surface area contributed by atoms with E-state index >= 15 is 0 Å². The Kier molecular flexibility index (Phi) is 8.12. The Morgan fingerprint density at radius 2 is 1.90 bits per heavy atom.